The van der Waals surface area contributed by atoms with Gasteiger partial charge in [-0.15, -0.1) is 0 Å². The predicted molar refractivity (Wildman–Crippen MR) is 80.5 cm³/mol. The van der Waals surface area contributed by atoms with E-state index >= 15 is 0 Å². The number of ether oxygens (including phenoxy) is 1. The molecule has 0 bridgehead atoms. The molecule has 0 saturated carbocycles. The molecule has 0 saturated heterocycles. The first-order valence-electron chi connectivity index (χ1n) is 6.69. The number of amides is 1. The van der Waals surface area contributed by atoms with Gasteiger partial charge >= 0.3 is 0 Å². The maximum Gasteiger partial charge on any atom is 0.237 e. The van der Waals surface area contributed by atoms with Crippen molar-refractivity contribution in [3.05, 3.63) is 42.5 Å². The first-order valence-corrected chi connectivity index (χ1v) is 6.69. The lowest BCUT2D eigenvalue weighted by Crippen LogP contribution is -2.49. The van der Waals surface area contributed by atoms with Gasteiger partial charge in [-0.2, -0.15) is 0 Å². The maximum atomic E-state index is 11.1. The molecule has 0 radical (unpaired) electrons. The summed E-state index contributed by atoms with van der Waals surface area (Å²) in [6.45, 7) is 2.16. The van der Waals surface area contributed by atoms with Gasteiger partial charge in [0.2, 0.25) is 5.91 Å². The van der Waals surface area contributed by atoms with Gasteiger partial charge in [-0.25, -0.2) is 0 Å². The normalized spacial score (nSPS) is 13.9. The van der Waals surface area contributed by atoms with E-state index in [1.165, 1.54) is 5.39 Å². The third kappa shape index (κ3) is 3.48. The number of benzene rings is 2. The molecule has 0 aromatic heterocycles. The Kier molecular flexibility index (Phi) is 4.25. The highest BCUT2D eigenvalue weighted by Gasteiger charge is 2.24. The Morgan fingerprint density at radius 3 is 2.60 bits per heavy atom. The number of fused-ring (bicyclic) bond motifs is 1. The summed E-state index contributed by atoms with van der Waals surface area (Å²) in [7, 11) is 0. The Morgan fingerprint density at radius 2 is 1.90 bits per heavy atom. The van der Waals surface area contributed by atoms with Crippen LogP contribution >= 0.6 is 0 Å². The van der Waals surface area contributed by atoms with E-state index in [1.54, 1.807) is 6.92 Å². The maximum absolute atomic E-state index is 11.1. The minimum atomic E-state index is -0.966. The molecule has 2 rings (SSSR count). The zero-order valence-electron chi connectivity index (χ0n) is 11.6. The molecule has 0 fully saturated rings. The highest BCUT2D eigenvalue weighted by atomic mass is 16.5. The SMILES string of the molecule is CC(N)(CCCOc1ccc2ccccc2c1)C(N)=O. The van der Waals surface area contributed by atoms with Gasteiger partial charge in [-0.3, -0.25) is 4.79 Å². The van der Waals surface area contributed by atoms with Gasteiger partial charge in [-0.1, -0.05) is 30.3 Å². The number of hydrogen-bond donors (Lipinski definition) is 2. The van der Waals surface area contributed by atoms with E-state index in [1.807, 2.05) is 36.4 Å². The van der Waals surface area contributed by atoms with Gasteiger partial charge in [0.15, 0.2) is 0 Å². The van der Waals surface area contributed by atoms with E-state index in [9.17, 15) is 4.79 Å². The van der Waals surface area contributed by atoms with Crippen molar-refractivity contribution < 1.29 is 9.53 Å². The van der Waals surface area contributed by atoms with Crippen LogP contribution in [0.25, 0.3) is 10.8 Å². The summed E-state index contributed by atoms with van der Waals surface area (Å²) < 4.78 is 5.68. The summed E-state index contributed by atoms with van der Waals surface area (Å²) >= 11 is 0. The van der Waals surface area contributed by atoms with Gasteiger partial charge in [0.05, 0.1) is 12.1 Å². The van der Waals surface area contributed by atoms with E-state index < -0.39 is 11.4 Å². The van der Waals surface area contributed by atoms with Crippen LogP contribution in [-0.2, 0) is 4.79 Å². The molecular formula is C16H20N2O2. The van der Waals surface area contributed by atoms with Crippen LogP contribution in [0.3, 0.4) is 0 Å². The van der Waals surface area contributed by atoms with Crippen LogP contribution in [0.4, 0.5) is 0 Å². The van der Waals surface area contributed by atoms with Crippen molar-refractivity contribution in [3.63, 3.8) is 0 Å². The number of carbonyl (C=O) groups excluding carboxylic acids is 1. The quantitative estimate of drug-likeness (QED) is 0.791. The molecular weight excluding hydrogens is 252 g/mol. The molecule has 1 amide bonds. The minimum Gasteiger partial charge on any atom is -0.494 e. The van der Waals surface area contributed by atoms with Crippen LogP contribution in [0.1, 0.15) is 19.8 Å². The Morgan fingerprint density at radius 1 is 1.20 bits per heavy atom. The molecule has 106 valence electrons. The first-order chi connectivity index (χ1) is 9.49. The zero-order valence-corrected chi connectivity index (χ0v) is 11.6. The van der Waals surface area contributed by atoms with Crippen molar-refractivity contribution in [1.29, 1.82) is 0 Å². The first kappa shape index (κ1) is 14.3. The lowest BCUT2D eigenvalue weighted by molar-refractivity contribution is -0.122. The van der Waals surface area contributed by atoms with Gasteiger partial charge in [0.25, 0.3) is 0 Å². The summed E-state index contributed by atoms with van der Waals surface area (Å²) in [5.41, 5.74) is 10.0. The highest BCUT2D eigenvalue weighted by Crippen LogP contribution is 2.21. The summed E-state index contributed by atoms with van der Waals surface area (Å²) in [6, 6.07) is 14.1. The minimum absolute atomic E-state index is 0.483. The summed E-state index contributed by atoms with van der Waals surface area (Å²) in [6.07, 6.45) is 1.19. The molecule has 1 unspecified atom stereocenters. The van der Waals surface area contributed by atoms with Crippen LogP contribution in [0, 0.1) is 0 Å². The van der Waals surface area contributed by atoms with Crippen LogP contribution in [0.2, 0.25) is 0 Å². The van der Waals surface area contributed by atoms with Crippen LogP contribution in [-0.4, -0.2) is 18.1 Å². The second-order valence-electron chi connectivity index (χ2n) is 5.24. The molecule has 20 heavy (non-hydrogen) atoms. The Bertz CT molecular complexity index is 608. The number of rotatable bonds is 6. The Hall–Kier alpha value is -2.07. The average molecular weight is 272 g/mol. The van der Waals surface area contributed by atoms with Gasteiger partial charge in [-0.05, 0) is 42.7 Å². The molecule has 0 aliphatic heterocycles. The average Bonchev–Trinajstić information content (AvgIpc) is 2.43. The molecule has 2 aromatic rings. The van der Waals surface area contributed by atoms with Crippen molar-refractivity contribution in [2.45, 2.75) is 25.3 Å². The molecule has 4 nitrogen and oxygen atoms in total. The second-order valence-corrected chi connectivity index (χ2v) is 5.24. The predicted octanol–water partition coefficient (Wildman–Crippen LogP) is 2.20. The standard InChI is InChI=1S/C16H20N2O2/c1-16(18,15(17)19)9-4-10-20-14-8-7-12-5-2-3-6-13(12)11-14/h2-3,5-8,11H,4,9-10,18H2,1H3,(H2,17,19). The van der Waals surface area contributed by atoms with Crippen molar-refractivity contribution in [3.8, 4) is 5.75 Å². The molecule has 1 atom stereocenters. The monoisotopic (exact) mass is 272 g/mol. The van der Waals surface area contributed by atoms with Crippen molar-refractivity contribution in [2.75, 3.05) is 6.61 Å². The van der Waals surface area contributed by atoms with E-state index in [-0.39, 0.29) is 0 Å². The smallest absolute Gasteiger partial charge is 0.237 e. The highest BCUT2D eigenvalue weighted by molar-refractivity contribution is 5.84. The molecule has 0 heterocycles. The fourth-order valence-electron chi connectivity index (χ4n) is 2.01. The molecule has 4 N–H and O–H groups in total. The Labute approximate surface area is 118 Å². The molecule has 2 aromatic carbocycles. The third-order valence-electron chi connectivity index (χ3n) is 3.39. The van der Waals surface area contributed by atoms with Crippen molar-refractivity contribution >= 4 is 16.7 Å². The van der Waals surface area contributed by atoms with Crippen LogP contribution in [0.5, 0.6) is 5.75 Å². The lowest BCUT2D eigenvalue weighted by Gasteiger charge is -2.20. The van der Waals surface area contributed by atoms with E-state index in [0.29, 0.717) is 19.4 Å². The topological polar surface area (TPSA) is 78.3 Å². The fourth-order valence-corrected chi connectivity index (χ4v) is 2.01. The Balaban J connectivity index is 1.88. The van der Waals surface area contributed by atoms with E-state index in [4.69, 9.17) is 16.2 Å². The van der Waals surface area contributed by atoms with Gasteiger partial charge in [0.1, 0.15) is 5.75 Å². The summed E-state index contributed by atoms with van der Waals surface area (Å²) in [4.78, 5) is 11.1. The van der Waals surface area contributed by atoms with E-state index in [0.717, 1.165) is 11.1 Å². The van der Waals surface area contributed by atoms with Crippen LogP contribution < -0.4 is 16.2 Å². The molecule has 0 aliphatic rings. The van der Waals surface area contributed by atoms with Crippen LogP contribution in [0.15, 0.2) is 42.5 Å². The molecule has 0 aliphatic carbocycles. The number of primary amides is 1. The zero-order chi connectivity index (χ0) is 14.6. The number of carbonyl (C=O) groups is 1. The lowest BCUT2D eigenvalue weighted by atomic mass is 9.97. The third-order valence-corrected chi connectivity index (χ3v) is 3.39. The van der Waals surface area contributed by atoms with Gasteiger partial charge in [0, 0.05) is 0 Å². The summed E-state index contributed by atoms with van der Waals surface area (Å²) in [5.74, 6) is 0.338. The summed E-state index contributed by atoms with van der Waals surface area (Å²) in [5, 5.41) is 2.33. The second kappa shape index (κ2) is 5.92. The van der Waals surface area contributed by atoms with Gasteiger partial charge < -0.3 is 16.2 Å². The van der Waals surface area contributed by atoms with E-state index in [2.05, 4.69) is 6.07 Å². The number of hydrogen-bond acceptors (Lipinski definition) is 3. The van der Waals surface area contributed by atoms with Crippen molar-refractivity contribution in [2.24, 2.45) is 11.5 Å². The molecule has 4 heteroatoms. The number of nitrogens with two attached hydrogens (primary N) is 2. The van der Waals surface area contributed by atoms with Crippen molar-refractivity contribution in [1.82, 2.24) is 0 Å². The largest absolute Gasteiger partial charge is 0.494 e. The fraction of sp³-hybridized carbons (Fsp3) is 0.312. The molecule has 0 spiro atoms.